The number of hydrogen-bond acceptors (Lipinski definition) is 3. The number of carbonyl (C=O) groups is 1. The molecule has 0 aliphatic rings. The third-order valence-corrected chi connectivity index (χ3v) is 3.89. The summed E-state index contributed by atoms with van der Waals surface area (Å²) in [7, 11) is 0. The third kappa shape index (κ3) is 3.51. The molecule has 0 saturated heterocycles. The second-order valence-electron chi connectivity index (χ2n) is 5.67. The van der Waals surface area contributed by atoms with Crippen LogP contribution in [0.25, 0.3) is 11.3 Å². The van der Waals surface area contributed by atoms with E-state index in [1.165, 1.54) is 12.1 Å². The highest BCUT2D eigenvalue weighted by Gasteiger charge is 2.10. The standard InChI is InChI=1S/C19H17FN2O2/c1-12-3-4-15(9-13(12)2)19(23)21-11-17-10-18(24-22-17)14-5-7-16(20)8-6-14/h3-10H,11H2,1-2H3,(H,21,23). The van der Waals surface area contributed by atoms with Gasteiger partial charge in [0.1, 0.15) is 11.5 Å². The quantitative estimate of drug-likeness (QED) is 0.788. The van der Waals surface area contributed by atoms with Gasteiger partial charge in [0, 0.05) is 17.2 Å². The molecule has 0 fully saturated rings. The van der Waals surface area contributed by atoms with Crippen LogP contribution < -0.4 is 5.32 Å². The van der Waals surface area contributed by atoms with Crippen LogP contribution in [0.1, 0.15) is 27.2 Å². The molecule has 0 saturated carbocycles. The molecule has 0 radical (unpaired) electrons. The van der Waals surface area contributed by atoms with Gasteiger partial charge >= 0.3 is 0 Å². The molecule has 122 valence electrons. The Morgan fingerprint density at radius 2 is 1.83 bits per heavy atom. The lowest BCUT2D eigenvalue weighted by atomic mass is 10.1. The lowest BCUT2D eigenvalue weighted by molar-refractivity contribution is 0.0950. The monoisotopic (exact) mass is 324 g/mol. The number of rotatable bonds is 4. The van der Waals surface area contributed by atoms with Crippen molar-refractivity contribution in [1.82, 2.24) is 10.5 Å². The summed E-state index contributed by atoms with van der Waals surface area (Å²) in [6.07, 6.45) is 0. The maximum atomic E-state index is 12.9. The Labute approximate surface area is 139 Å². The van der Waals surface area contributed by atoms with Crippen molar-refractivity contribution in [3.8, 4) is 11.3 Å². The van der Waals surface area contributed by atoms with Crippen molar-refractivity contribution in [2.45, 2.75) is 20.4 Å². The summed E-state index contributed by atoms with van der Waals surface area (Å²) in [4.78, 5) is 12.2. The smallest absolute Gasteiger partial charge is 0.251 e. The van der Waals surface area contributed by atoms with Gasteiger partial charge < -0.3 is 9.84 Å². The van der Waals surface area contributed by atoms with E-state index in [9.17, 15) is 9.18 Å². The highest BCUT2D eigenvalue weighted by atomic mass is 19.1. The Morgan fingerprint density at radius 3 is 2.54 bits per heavy atom. The Kier molecular flexibility index (Phi) is 4.42. The zero-order chi connectivity index (χ0) is 17.1. The number of halogens is 1. The molecule has 1 aromatic heterocycles. The molecule has 0 spiro atoms. The molecule has 2 aromatic carbocycles. The van der Waals surface area contributed by atoms with E-state index in [0.717, 1.165) is 16.7 Å². The topological polar surface area (TPSA) is 55.1 Å². The Hall–Kier alpha value is -2.95. The number of carbonyl (C=O) groups excluding carboxylic acids is 1. The Balaban J connectivity index is 1.65. The number of benzene rings is 2. The van der Waals surface area contributed by atoms with Gasteiger partial charge in [-0.1, -0.05) is 11.2 Å². The maximum absolute atomic E-state index is 12.9. The number of aromatic nitrogens is 1. The van der Waals surface area contributed by atoms with E-state index in [4.69, 9.17) is 4.52 Å². The largest absolute Gasteiger partial charge is 0.356 e. The lowest BCUT2D eigenvalue weighted by Gasteiger charge is -2.05. The minimum atomic E-state index is -0.306. The summed E-state index contributed by atoms with van der Waals surface area (Å²) < 4.78 is 18.2. The summed E-state index contributed by atoms with van der Waals surface area (Å²) in [5.41, 5.74) is 4.16. The second-order valence-corrected chi connectivity index (χ2v) is 5.67. The predicted molar refractivity (Wildman–Crippen MR) is 89.0 cm³/mol. The number of amides is 1. The van der Waals surface area contributed by atoms with Crippen LogP contribution in [-0.2, 0) is 6.54 Å². The maximum Gasteiger partial charge on any atom is 0.251 e. The number of nitrogens with one attached hydrogen (secondary N) is 1. The fourth-order valence-corrected chi connectivity index (χ4v) is 2.30. The highest BCUT2D eigenvalue weighted by molar-refractivity contribution is 5.94. The second kappa shape index (κ2) is 6.66. The molecular weight excluding hydrogens is 307 g/mol. The van der Waals surface area contributed by atoms with Crippen LogP contribution in [0.4, 0.5) is 4.39 Å². The van der Waals surface area contributed by atoms with Crippen molar-refractivity contribution >= 4 is 5.91 Å². The SMILES string of the molecule is Cc1ccc(C(=O)NCc2cc(-c3ccc(F)cc3)on2)cc1C. The first-order valence-corrected chi connectivity index (χ1v) is 7.60. The van der Waals surface area contributed by atoms with Gasteiger partial charge in [-0.15, -0.1) is 0 Å². The van der Waals surface area contributed by atoms with E-state index < -0.39 is 0 Å². The van der Waals surface area contributed by atoms with E-state index in [-0.39, 0.29) is 18.3 Å². The zero-order valence-electron chi connectivity index (χ0n) is 13.5. The molecule has 1 amide bonds. The minimum absolute atomic E-state index is 0.163. The van der Waals surface area contributed by atoms with E-state index in [2.05, 4.69) is 10.5 Å². The molecule has 4 nitrogen and oxygen atoms in total. The normalized spacial score (nSPS) is 10.6. The molecule has 0 bridgehead atoms. The average molecular weight is 324 g/mol. The predicted octanol–water partition coefficient (Wildman–Crippen LogP) is 4.03. The van der Waals surface area contributed by atoms with Crippen molar-refractivity contribution in [3.05, 3.63) is 76.7 Å². The van der Waals surface area contributed by atoms with Gasteiger partial charge in [0.25, 0.3) is 5.91 Å². The van der Waals surface area contributed by atoms with Crippen LogP contribution >= 0.6 is 0 Å². The molecule has 24 heavy (non-hydrogen) atoms. The van der Waals surface area contributed by atoms with E-state index in [0.29, 0.717) is 17.0 Å². The number of hydrogen-bond donors (Lipinski definition) is 1. The van der Waals surface area contributed by atoms with Gasteiger partial charge in [-0.05, 0) is 61.4 Å². The molecule has 5 heteroatoms. The van der Waals surface area contributed by atoms with E-state index in [1.807, 2.05) is 26.0 Å². The highest BCUT2D eigenvalue weighted by Crippen LogP contribution is 2.20. The van der Waals surface area contributed by atoms with Crippen LogP contribution in [-0.4, -0.2) is 11.1 Å². The van der Waals surface area contributed by atoms with E-state index in [1.54, 1.807) is 24.3 Å². The first-order chi connectivity index (χ1) is 11.5. The van der Waals surface area contributed by atoms with E-state index >= 15 is 0 Å². The van der Waals surface area contributed by atoms with Crippen molar-refractivity contribution in [2.75, 3.05) is 0 Å². The van der Waals surface area contributed by atoms with Gasteiger partial charge in [0.15, 0.2) is 5.76 Å². The molecule has 0 aliphatic heterocycles. The van der Waals surface area contributed by atoms with Crippen LogP contribution in [0, 0.1) is 19.7 Å². The lowest BCUT2D eigenvalue weighted by Crippen LogP contribution is -2.23. The number of nitrogens with zero attached hydrogens (tertiary/aromatic N) is 1. The molecule has 0 aliphatic carbocycles. The van der Waals surface area contributed by atoms with Crippen LogP contribution in [0.15, 0.2) is 53.1 Å². The molecule has 0 unspecified atom stereocenters. The molecule has 3 rings (SSSR count). The van der Waals surface area contributed by atoms with Gasteiger partial charge in [-0.25, -0.2) is 4.39 Å². The van der Waals surface area contributed by atoms with Crippen molar-refractivity contribution in [2.24, 2.45) is 0 Å². The molecule has 3 aromatic rings. The summed E-state index contributed by atoms with van der Waals surface area (Å²) in [5, 5.41) is 6.74. The number of aryl methyl sites for hydroxylation is 2. The van der Waals surface area contributed by atoms with Crippen molar-refractivity contribution in [3.63, 3.8) is 0 Å². The molecule has 1 N–H and O–H groups in total. The fourth-order valence-electron chi connectivity index (χ4n) is 2.30. The minimum Gasteiger partial charge on any atom is -0.356 e. The van der Waals surface area contributed by atoms with Crippen LogP contribution in [0.5, 0.6) is 0 Å². The van der Waals surface area contributed by atoms with Gasteiger partial charge in [-0.3, -0.25) is 4.79 Å². The zero-order valence-corrected chi connectivity index (χ0v) is 13.5. The summed E-state index contributed by atoms with van der Waals surface area (Å²) in [5.74, 6) is 0.0639. The Morgan fingerprint density at radius 1 is 1.08 bits per heavy atom. The van der Waals surface area contributed by atoms with Crippen molar-refractivity contribution < 1.29 is 13.7 Å². The van der Waals surface area contributed by atoms with Crippen molar-refractivity contribution in [1.29, 1.82) is 0 Å². The Bertz CT molecular complexity index is 869. The van der Waals surface area contributed by atoms with Crippen LogP contribution in [0.3, 0.4) is 0 Å². The average Bonchev–Trinajstić information content (AvgIpc) is 3.05. The fraction of sp³-hybridized carbons (Fsp3) is 0.158. The van der Waals surface area contributed by atoms with Gasteiger partial charge in [0.2, 0.25) is 0 Å². The summed E-state index contributed by atoms with van der Waals surface area (Å²) in [6.45, 7) is 4.23. The van der Waals surface area contributed by atoms with Crippen LogP contribution in [0.2, 0.25) is 0 Å². The van der Waals surface area contributed by atoms with Gasteiger partial charge in [0.05, 0.1) is 6.54 Å². The third-order valence-electron chi connectivity index (χ3n) is 3.89. The first-order valence-electron chi connectivity index (χ1n) is 7.60. The molecule has 0 atom stereocenters. The molecule has 1 heterocycles. The van der Waals surface area contributed by atoms with Gasteiger partial charge in [-0.2, -0.15) is 0 Å². The first kappa shape index (κ1) is 15.9. The summed E-state index contributed by atoms with van der Waals surface area (Å²) >= 11 is 0. The molecular formula is C19H17FN2O2. The summed E-state index contributed by atoms with van der Waals surface area (Å²) in [6, 6.07) is 13.3.